The first-order valence-electron chi connectivity index (χ1n) is 9.99. The van der Waals surface area contributed by atoms with E-state index >= 15 is 0 Å². The number of aliphatic carboxylic acids is 1. The summed E-state index contributed by atoms with van der Waals surface area (Å²) < 4.78 is 5.19. The van der Waals surface area contributed by atoms with Gasteiger partial charge in [-0.3, -0.25) is 4.90 Å². The number of rotatable bonds is 6. The molecule has 1 aliphatic rings. The minimum absolute atomic E-state index is 0.307. The molecule has 1 aliphatic heterocycles. The van der Waals surface area contributed by atoms with Gasteiger partial charge in [-0.15, -0.1) is 0 Å². The van der Waals surface area contributed by atoms with Crippen LogP contribution in [0.4, 0.5) is 0 Å². The van der Waals surface area contributed by atoms with Crippen LogP contribution in [0.3, 0.4) is 0 Å². The van der Waals surface area contributed by atoms with Crippen molar-refractivity contribution in [1.82, 2.24) is 9.88 Å². The highest BCUT2D eigenvalue weighted by Crippen LogP contribution is 2.34. The second kappa shape index (κ2) is 8.57. The van der Waals surface area contributed by atoms with Crippen molar-refractivity contribution in [3.05, 3.63) is 70.9 Å². The third-order valence-electron chi connectivity index (χ3n) is 5.32. The van der Waals surface area contributed by atoms with Crippen LogP contribution in [0.5, 0.6) is 5.75 Å². The number of hydrogen-bond acceptors (Lipinski definition) is 5. The molecule has 4 rings (SSSR count). The van der Waals surface area contributed by atoms with Crippen LogP contribution in [-0.2, 0) is 11.3 Å². The van der Waals surface area contributed by atoms with Crippen LogP contribution in [0.15, 0.2) is 48.5 Å². The summed E-state index contributed by atoms with van der Waals surface area (Å²) in [5.41, 5.74) is 4.25. The quantitative estimate of drug-likeness (QED) is 0.628. The van der Waals surface area contributed by atoms with Gasteiger partial charge in [0.1, 0.15) is 5.75 Å². The maximum absolute atomic E-state index is 12.2. The van der Waals surface area contributed by atoms with E-state index in [2.05, 4.69) is 4.90 Å². The summed E-state index contributed by atoms with van der Waals surface area (Å²) in [5, 5.41) is 19.4. The van der Waals surface area contributed by atoms with Crippen molar-refractivity contribution in [3.63, 3.8) is 0 Å². The smallest absolute Gasteiger partial charge is 0.341 e. The van der Waals surface area contributed by atoms with E-state index in [1.54, 1.807) is 18.2 Å². The second-order valence-electron chi connectivity index (χ2n) is 7.36. The molecule has 7 heteroatoms. The predicted octanol–water partition coefficient (Wildman–Crippen LogP) is 3.77. The van der Waals surface area contributed by atoms with E-state index in [1.807, 2.05) is 43.3 Å². The van der Waals surface area contributed by atoms with Gasteiger partial charge in [0, 0.05) is 24.0 Å². The number of carbonyl (C=O) groups is 2. The molecule has 0 amide bonds. The number of likely N-dealkylation sites (N-methyl/N-ethyl adjacent to an activating group) is 1. The van der Waals surface area contributed by atoms with Crippen molar-refractivity contribution >= 4 is 34.5 Å². The molecule has 7 nitrogen and oxygen atoms in total. The fourth-order valence-electron chi connectivity index (χ4n) is 3.85. The van der Waals surface area contributed by atoms with Crippen molar-refractivity contribution in [2.75, 3.05) is 19.7 Å². The fourth-order valence-corrected chi connectivity index (χ4v) is 3.85. The Kier molecular flexibility index (Phi) is 5.68. The Morgan fingerprint density at radius 2 is 1.84 bits per heavy atom. The molecule has 0 unspecified atom stereocenters. The number of nitrogens with zero attached hydrogens (tertiary/aromatic N) is 2. The maximum atomic E-state index is 12.2. The molecule has 0 aliphatic carbocycles. The van der Waals surface area contributed by atoms with Gasteiger partial charge in [0.2, 0.25) is 0 Å². The molecule has 0 saturated carbocycles. The van der Waals surface area contributed by atoms with E-state index in [1.165, 1.54) is 0 Å². The Hall–Kier alpha value is -3.71. The molecule has 3 aromatic rings. The molecule has 0 spiro atoms. The zero-order chi connectivity index (χ0) is 22.0. The third-order valence-corrected chi connectivity index (χ3v) is 5.32. The number of pyridine rings is 1. The number of para-hydroxylation sites is 1. The zero-order valence-electron chi connectivity index (χ0n) is 17.0. The monoisotopic (exact) mass is 418 g/mol. The number of ether oxygens (including phenoxy) is 1. The molecule has 0 saturated heterocycles. The summed E-state index contributed by atoms with van der Waals surface area (Å²) in [5.74, 6) is -1.51. The van der Waals surface area contributed by atoms with Crippen molar-refractivity contribution in [2.24, 2.45) is 0 Å². The third kappa shape index (κ3) is 4.27. The summed E-state index contributed by atoms with van der Waals surface area (Å²) in [6, 6.07) is 14.4. The first-order chi connectivity index (χ1) is 15.0. The number of carboxylic acid groups (broad SMARTS) is 2. The maximum Gasteiger partial charge on any atom is 0.341 e. The minimum Gasteiger partial charge on any atom is -0.482 e. The van der Waals surface area contributed by atoms with Crippen LogP contribution in [0.2, 0.25) is 0 Å². The molecule has 31 heavy (non-hydrogen) atoms. The molecular formula is C24H22N2O5. The molecular weight excluding hydrogens is 396 g/mol. The van der Waals surface area contributed by atoms with Crippen molar-refractivity contribution in [3.8, 4) is 5.75 Å². The van der Waals surface area contributed by atoms with E-state index in [4.69, 9.17) is 14.8 Å². The molecule has 2 aromatic carbocycles. The van der Waals surface area contributed by atoms with Gasteiger partial charge in [0.25, 0.3) is 0 Å². The molecule has 0 atom stereocenters. The van der Waals surface area contributed by atoms with Crippen LogP contribution < -0.4 is 4.74 Å². The van der Waals surface area contributed by atoms with Crippen LogP contribution >= 0.6 is 0 Å². The number of carboxylic acids is 2. The molecule has 0 fully saturated rings. The largest absolute Gasteiger partial charge is 0.482 e. The Labute approximate surface area is 179 Å². The van der Waals surface area contributed by atoms with E-state index < -0.39 is 18.5 Å². The predicted molar refractivity (Wildman–Crippen MR) is 117 cm³/mol. The highest BCUT2D eigenvalue weighted by Gasteiger charge is 2.27. The van der Waals surface area contributed by atoms with Gasteiger partial charge < -0.3 is 14.9 Å². The standard InChI is InChI=1S/C24H22N2O5/c1-2-26-12-16(11-15-7-9-17(10-8-15)31-14-21(27)28)23-19(13-26)22(24(29)30)18-5-3-4-6-20(18)25-23/h3-11H,2,12-14H2,1H3,(H,27,28)(H,29,30)/b16-11+. The highest BCUT2D eigenvalue weighted by molar-refractivity contribution is 6.06. The molecule has 2 N–H and O–H groups in total. The van der Waals surface area contributed by atoms with Gasteiger partial charge in [0.05, 0.1) is 16.8 Å². The first kappa shape index (κ1) is 20.6. The number of benzene rings is 2. The molecule has 0 bridgehead atoms. The lowest BCUT2D eigenvalue weighted by Gasteiger charge is -2.30. The van der Waals surface area contributed by atoms with E-state index in [0.717, 1.165) is 23.2 Å². The van der Waals surface area contributed by atoms with Gasteiger partial charge in [-0.1, -0.05) is 37.3 Å². The summed E-state index contributed by atoms with van der Waals surface area (Å²) in [7, 11) is 0. The Morgan fingerprint density at radius 1 is 1.10 bits per heavy atom. The number of aromatic carboxylic acids is 1. The second-order valence-corrected chi connectivity index (χ2v) is 7.36. The van der Waals surface area contributed by atoms with Crippen LogP contribution in [-0.4, -0.2) is 51.7 Å². The lowest BCUT2D eigenvalue weighted by atomic mass is 9.92. The minimum atomic E-state index is -1.03. The van der Waals surface area contributed by atoms with Gasteiger partial charge in [-0.05, 0) is 42.0 Å². The lowest BCUT2D eigenvalue weighted by molar-refractivity contribution is -0.139. The summed E-state index contributed by atoms with van der Waals surface area (Å²) >= 11 is 0. The topological polar surface area (TPSA) is 100.0 Å². The lowest BCUT2D eigenvalue weighted by Crippen LogP contribution is -2.31. The average Bonchev–Trinajstić information content (AvgIpc) is 2.76. The summed E-state index contributed by atoms with van der Waals surface area (Å²) in [4.78, 5) is 29.8. The van der Waals surface area contributed by atoms with Crippen molar-refractivity contribution in [2.45, 2.75) is 13.5 Å². The van der Waals surface area contributed by atoms with Gasteiger partial charge in [-0.2, -0.15) is 0 Å². The fraction of sp³-hybridized carbons (Fsp3) is 0.208. The van der Waals surface area contributed by atoms with Crippen LogP contribution in [0.25, 0.3) is 22.6 Å². The van der Waals surface area contributed by atoms with E-state index in [-0.39, 0.29) is 0 Å². The number of fused-ring (bicyclic) bond motifs is 2. The average molecular weight is 418 g/mol. The highest BCUT2D eigenvalue weighted by atomic mass is 16.5. The SMILES string of the molecule is CCN1C/C(=C\c2ccc(OCC(=O)O)cc2)c2nc3ccccc3c(C(=O)O)c2C1. The molecule has 158 valence electrons. The van der Waals surface area contributed by atoms with Crippen LogP contribution in [0.1, 0.15) is 34.1 Å². The number of aromatic nitrogens is 1. The Bertz CT molecular complexity index is 1180. The molecule has 0 radical (unpaired) electrons. The van der Waals surface area contributed by atoms with Gasteiger partial charge in [-0.25, -0.2) is 14.6 Å². The number of hydrogen-bond donors (Lipinski definition) is 2. The normalized spacial score (nSPS) is 15.1. The molecule has 1 aromatic heterocycles. The van der Waals surface area contributed by atoms with Gasteiger partial charge in [0.15, 0.2) is 6.61 Å². The van der Waals surface area contributed by atoms with Gasteiger partial charge >= 0.3 is 11.9 Å². The van der Waals surface area contributed by atoms with Crippen LogP contribution in [0, 0.1) is 0 Å². The Morgan fingerprint density at radius 3 is 2.52 bits per heavy atom. The van der Waals surface area contributed by atoms with E-state index in [9.17, 15) is 14.7 Å². The Balaban J connectivity index is 1.80. The summed E-state index contributed by atoms with van der Waals surface area (Å²) in [6.45, 7) is 3.63. The summed E-state index contributed by atoms with van der Waals surface area (Å²) in [6.07, 6.45) is 2.00. The van der Waals surface area contributed by atoms with E-state index in [0.29, 0.717) is 41.0 Å². The first-order valence-corrected chi connectivity index (χ1v) is 9.99. The van der Waals surface area contributed by atoms with Crippen molar-refractivity contribution in [1.29, 1.82) is 0 Å². The van der Waals surface area contributed by atoms with Crippen molar-refractivity contribution < 1.29 is 24.5 Å². The molecule has 2 heterocycles. The zero-order valence-corrected chi connectivity index (χ0v) is 17.0.